The van der Waals surface area contributed by atoms with E-state index < -0.39 is 11.4 Å². The first-order chi connectivity index (χ1) is 16.8. The summed E-state index contributed by atoms with van der Waals surface area (Å²) in [5, 5.41) is 3.72. The number of aryl methyl sites for hydroxylation is 1. The van der Waals surface area contributed by atoms with Gasteiger partial charge in [0.1, 0.15) is 21.5 Å². The Balaban J connectivity index is 1.37. The molecule has 2 atom stereocenters. The summed E-state index contributed by atoms with van der Waals surface area (Å²) in [4.78, 5) is 30.6. The van der Waals surface area contributed by atoms with E-state index >= 15 is 0 Å². The third kappa shape index (κ3) is 6.27. The molecule has 1 heterocycles. The van der Waals surface area contributed by atoms with Crippen LogP contribution < -0.4 is 10.1 Å². The van der Waals surface area contributed by atoms with E-state index in [9.17, 15) is 14.0 Å². The van der Waals surface area contributed by atoms with E-state index in [4.69, 9.17) is 16.3 Å². The van der Waals surface area contributed by atoms with Crippen LogP contribution in [-0.2, 0) is 11.2 Å². The average Bonchev–Trinajstić information content (AvgIpc) is 3.29. The number of rotatable bonds is 7. The number of Topliss-reactive ketones (excluding diaryl/α,β-unsaturated/α-hetero) is 1. The van der Waals surface area contributed by atoms with E-state index in [2.05, 4.69) is 22.4 Å². The molecule has 0 aliphatic heterocycles. The summed E-state index contributed by atoms with van der Waals surface area (Å²) in [5.41, 5.74) is 0.840. The highest BCUT2D eigenvalue weighted by molar-refractivity contribution is 7.16. The summed E-state index contributed by atoms with van der Waals surface area (Å²) in [6, 6.07) is 12.2. The van der Waals surface area contributed by atoms with Gasteiger partial charge in [0.15, 0.2) is 5.78 Å². The Morgan fingerprint density at radius 2 is 2.03 bits per heavy atom. The van der Waals surface area contributed by atoms with Crippen LogP contribution in [0.2, 0.25) is 5.02 Å². The number of halogens is 2. The van der Waals surface area contributed by atoms with Crippen molar-refractivity contribution in [3.8, 4) is 16.3 Å². The maximum atomic E-state index is 13.7. The van der Waals surface area contributed by atoms with E-state index in [0.29, 0.717) is 34.2 Å². The molecule has 0 radical (unpaired) electrons. The first-order valence-corrected chi connectivity index (χ1v) is 12.9. The third-order valence-electron chi connectivity index (χ3n) is 6.68. The zero-order valence-electron chi connectivity index (χ0n) is 19.8. The van der Waals surface area contributed by atoms with Gasteiger partial charge in [-0.1, -0.05) is 23.7 Å². The highest BCUT2D eigenvalue weighted by Gasteiger charge is 2.37. The largest absolute Gasteiger partial charge is 0.497 e. The molecule has 4 rings (SSSR count). The molecule has 0 spiro atoms. The van der Waals surface area contributed by atoms with Crippen LogP contribution in [0, 0.1) is 11.7 Å². The van der Waals surface area contributed by atoms with Crippen molar-refractivity contribution in [2.24, 2.45) is 5.92 Å². The first kappa shape index (κ1) is 25.3. The Labute approximate surface area is 213 Å². The molecule has 3 aromatic rings. The van der Waals surface area contributed by atoms with Gasteiger partial charge in [-0.3, -0.25) is 9.59 Å². The lowest BCUT2D eigenvalue weighted by Gasteiger charge is -2.27. The fraction of sp³-hybridized carbons (Fsp3) is 0.370. The molecule has 1 amide bonds. The van der Waals surface area contributed by atoms with Crippen molar-refractivity contribution < 1.29 is 18.7 Å². The summed E-state index contributed by atoms with van der Waals surface area (Å²) in [5.74, 6) is 0.510. The molecule has 1 saturated carbocycles. The van der Waals surface area contributed by atoms with Crippen molar-refractivity contribution in [2.45, 2.75) is 51.0 Å². The molecule has 8 heteroatoms. The van der Waals surface area contributed by atoms with Crippen molar-refractivity contribution in [1.82, 2.24) is 10.3 Å². The molecule has 2 aromatic carbocycles. The third-order valence-corrected chi connectivity index (χ3v) is 7.94. The summed E-state index contributed by atoms with van der Waals surface area (Å²) >= 11 is 7.09. The topological polar surface area (TPSA) is 68.3 Å². The number of carbonyl (C=O) groups excluding carboxylic acids is 2. The number of hydrogen-bond acceptors (Lipinski definition) is 5. The zero-order chi connectivity index (χ0) is 25.0. The number of nitrogens with one attached hydrogen (secondary N) is 1. The van der Waals surface area contributed by atoms with Gasteiger partial charge in [-0.25, -0.2) is 9.37 Å². The van der Waals surface area contributed by atoms with Gasteiger partial charge in [0, 0.05) is 17.0 Å². The Morgan fingerprint density at radius 3 is 2.74 bits per heavy atom. The maximum Gasteiger partial charge on any atom is 0.263 e. The highest BCUT2D eigenvalue weighted by atomic mass is 35.5. The molecule has 0 bridgehead atoms. The quantitative estimate of drug-likeness (QED) is 0.366. The summed E-state index contributed by atoms with van der Waals surface area (Å²) in [6.45, 7) is 1.81. The SMILES string of the molecule is COc1ccc(CCC2CCC(=O)C(C)(NC(=O)c3cnc(-c4cc(F)cc(Cl)c4)s3)CC2)cc1. The van der Waals surface area contributed by atoms with Gasteiger partial charge in [0.05, 0.1) is 18.8 Å². The lowest BCUT2D eigenvalue weighted by molar-refractivity contribution is -0.124. The fourth-order valence-electron chi connectivity index (χ4n) is 4.47. The van der Waals surface area contributed by atoms with E-state index in [0.717, 1.165) is 42.8 Å². The Bertz CT molecular complexity index is 1190. The number of thiazole rings is 1. The van der Waals surface area contributed by atoms with Crippen molar-refractivity contribution >= 4 is 34.6 Å². The van der Waals surface area contributed by atoms with Gasteiger partial charge in [-0.2, -0.15) is 0 Å². The molecule has 1 N–H and O–H groups in total. The molecular weight excluding hydrogens is 487 g/mol. The smallest absolute Gasteiger partial charge is 0.263 e. The normalized spacial score (nSPS) is 20.3. The van der Waals surface area contributed by atoms with Crippen molar-refractivity contribution in [3.63, 3.8) is 0 Å². The average molecular weight is 515 g/mol. The molecular formula is C27H28ClFN2O3S. The second-order valence-corrected chi connectivity index (χ2v) is 10.7. The number of ketones is 1. The minimum atomic E-state index is -0.918. The predicted molar refractivity (Wildman–Crippen MR) is 137 cm³/mol. The number of carbonyl (C=O) groups is 2. The standard InChI is InChI=1S/C27H28ClFN2O3S/c1-27(31-25(33)23-16-30-26(35-23)19-13-20(28)15-21(29)14-19)12-11-18(7-10-24(27)32)4-3-17-5-8-22(34-2)9-6-17/h5-6,8-9,13-16,18H,3-4,7,10-12H2,1-2H3,(H,31,33). The summed E-state index contributed by atoms with van der Waals surface area (Å²) in [7, 11) is 1.65. The number of nitrogens with zero attached hydrogens (tertiary/aromatic N) is 1. The highest BCUT2D eigenvalue weighted by Crippen LogP contribution is 2.32. The van der Waals surface area contributed by atoms with Gasteiger partial charge in [-0.05, 0) is 80.8 Å². The van der Waals surface area contributed by atoms with Crippen LogP contribution in [0.5, 0.6) is 5.75 Å². The number of hydrogen-bond donors (Lipinski definition) is 1. The van der Waals surface area contributed by atoms with Crippen LogP contribution in [-0.4, -0.2) is 29.3 Å². The minimum absolute atomic E-state index is 0.0550. The molecule has 5 nitrogen and oxygen atoms in total. The van der Waals surface area contributed by atoms with E-state index in [-0.39, 0.29) is 16.7 Å². The molecule has 1 aliphatic carbocycles. The van der Waals surface area contributed by atoms with Crippen LogP contribution in [0.25, 0.3) is 10.6 Å². The zero-order valence-corrected chi connectivity index (χ0v) is 21.3. The number of aromatic nitrogens is 1. The van der Waals surface area contributed by atoms with Crippen LogP contribution in [0.3, 0.4) is 0 Å². The van der Waals surface area contributed by atoms with Gasteiger partial charge >= 0.3 is 0 Å². The van der Waals surface area contributed by atoms with Gasteiger partial charge < -0.3 is 10.1 Å². The van der Waals surface area contributed by atoms with E-state index in [1.807, 2.05) is 19.1 Å². The lowest BCUT2D eigenvalue weighted by Crippen LogP contribution is -2.51. The number of benzene rings is 2. The summed E-state index contributed by atoms with van der Waals surface area (Å²) < 4.78 is 18.9. The van der Waals surface area contributed by atoms with Gasteiger partial charge in [0.2, 0.25) is 0 Å². The van der Waals surface area contributed by atoms with Gasteiger partial charge in [0.25, 0.3) is 5.91 Å². The van der Waals surface area contributed by atoms with Crippen molar-refractivity contribution in [3.05, 3.63) is 69.9 Å². The maximum absolute atomic E-state index is 13.7. The lowest BCUT2D eigenvalue weighted by atomic mass is 9.89. The molecule has 0 saturated heterocycles. The molecule has 184 valence electrons. The van der Waals surface area contributed by atoms with E-state index in [1.165, 1.54) is 23.9 Å². The Morgan fingerprint density at radius 1 is 1.26 bits per heavy atom. The number of methoxy groups -OCH3 is 1. The van der Waals surface area contributed by atoms with Crippen molar-refractivity contribution in [2.75, 3.05) is 7.11 Å². The molecule has 1 aliphatic rings. The van der Waals surface area contributed by atoms with Crippen LogP contribution in [0.15, 0.2) is 48.7 Å². The summed E-state index contributed by atoms with van der Waals surface area (Å²) in [6.07, 6.45) is 6.13. The number of amides is 1. The van der Waals surface area contributed by atoms with Gasteiger partial charge in [-0.15, -0.1) is 11.3 Å². The molecule has 1 aromatic heterocycles. The fourth-order valence-corrected chi connectivity index (χ4v) is 5.49. The number of ether oxygens (including phenoxy) is 1. The minimum Gasteiger partial charge on any atom is -0.497 e. The molecule has 1 fully saturated rings. The van der Waals surface area contributed by atoms with Crippen molar-refractivity contribution in [1.29, 1.82) is 0 Å². The van der Waals surface area contributed by atoms with Crippen LogP contribution >= 0.6 is 22.9 Å². The Kier molecular flexibility index (Phi) is 7.87. The predicted octanol–water partition coefficient (Wildman–Crippen LogP) is 6.49. The van der Waals surface area contributed by atoms with Crippen LogP contribution in [0.4, 0.5) is 4.39 Å². The van der Waals surface area contributed by atoms with E-state index in [1.54, 1.807) is 13.2 Å². The second kappa shape index (κ2) is 10.9. The molecule has 35 heavy (non-hydrogen) atoms. The second-order valence-electron chi connectivity index (χ2n) is 9.23. The molecule has 2 unspecified atom stereocenters. The Hall–Kier alpha value is -2.77. The first-order valence-electron chi connectivity index (χ1n) is 11.7. The monoisotopic (exact) mass is 514 g/mol. The van der Waals surface area contributed by atoms with Crippen LogP contribution in [0.1, 0.15) is 54.3 Å².